The van der Waals surface area contributed by atoms with Crippen molar-refractivity contribution in [2.45, 2.75) is 18.6 Å². The highest BCUT2D eigenvalue weighted by Gasteiger charge is 2.00. The van der Waals surface area contributed by atoms with Crippen molar-refractivity contribution in [3.05, 3.63) is 11.5 Å². The maximum atomic E-state index is 2.24. The summed E-state index contributed by atoms with van der Waals surface area (Å²) in [7, 11) is 0. The monoisotopic (exact) mass is 100 g/mol. The molecule has 0 aliphatic carbocycles. The zero-order chi connectivity index (χ0) is 4.41. The van der Waals surface area contributed by atoms with Gasteiger partial charge in [0.05, 0.1) is 0 Å². The third kappa shape index (κ3) is 0.777. The van der Waals surface area contributed by atoms with Crippen LogP contribution in [0.1, 0.15) is 13.3 Å². The minimum atomic E-state index is 0.852. The van der Waals surface area contributed by atoms with Crippen LogP contribution in [0, 0.1) is 0 Å². The Bertz CT molecular complexity index is 58.3. The number of rotatable bonds is 0. The molecule has 0 aromatic rings. The zero-order valence-electron chi connectivity index (χ0n) is 3.85. The fourth-order valence-corrected chi connectivity index (χ4v) is 1.21. The molecule has 0 saturated carbocycles. The van der Waals surface area contributed by atoms with Gasteiger partial charge < -0.3 is 0 Å². The molecule has 0 spiro atoms. The summed E-state index contributed by atoms with van der Waals surface area (Å²) >= 11 is 1.92. The fourth-order valence-electron chi connectivity index (χ4n) is 0.492. The molecule has 0 fully saturated rings. The summed E-state index contributed by atoms with van der Waals surface area (Å²) < 4.78 is 0. The molecule has 0 N–H and O–H groups in total. The summed E-state index contributed by atoms with van der Waals surface area (Å²) in [6.07, 6.45) is 3.49. The molecule has 0 aromatic carbocycles. The quantitative estimate of drug-likeness (QED) is 0.449. The Balaban J connectivity index is 2.32. The van der Waals surface area contributed by atoms with Gasteiger partial charge in [0, 0.05) is 5.25 Å². The van der Waals surface area contributed by atoms with Gasteiger partial charge in [-0.25, -0.2) is 0 Å². The van der Waals surface area contributed by atoms with Crippen LogP contribution in [0.2, 0.25) is 0 Å². The van der Waals surface area contributed by atoms with Gasteiger partial charge in [0.1, 0.15) is 0 Å². The third-order valence-corrected chi connectivity index (χ3v) is 1.88. The van der Waals surface area contributed by atoms with Crippen LogP contribution in [0.3, 0.4) is 0 Å². The van der Waals surface area contributed by atoms with Crippen molar-refractivity contribution in [1.29, 1.82) is 0 Å². The van der Waals surface area contributed by atoms with E-state index in [1.165, 1.54) is 6.42 Å². The largest absolute Gasteiger partial charge is 0.131 e. The predicted molar refractivity (Wildman–Crippen MR) is 30.8 cm³/mol. The first kappa shape index (κ1) is 4.25. The van der Waals surface area contributed by atoms with Gasteiger partial charge in [-0.3, -0.25) is 0 Å². The second-order valence-corrected chi connectivity index (χ2v) is 2.90. The molecule has 1 heterocycles. The van der Waals surface area contributed by atoms with E-state index < -0.39 is 0 Å². The molecule has 34 valence electrons. The standard InChI is InChI=1S/C5H8S/c1-5-3-2-4-6-5/h2,4-5H,3H2,1H3/t5-/m0/s1. The molecule has 0 unspecified atom stereocenters. The van der Waals surface area contributed by atoms with Crippen LogP contribution in [-0.2, 0) is 0 Å². The minimum absolute atomic E-state index is 0.852. The second-order valence-electron chi connectivity index (χ2n) is 1.55. The molecule has 0 amide bonds. The van der Waals surface area contributed by atoms with Crippen molar-refractivity contribution >= 4 is 11.8 Å². The normalized spacial score (nSPS) is 31.8. The molecule has 1 atom stereocenters. The number of hydrogen-bond acceptors (Lipinski definition) is 1. The van der Waals surface area contributed by atoms with Crippen LogP contribution in [0.25, 0.3) is 0 Å². The molecule has 1 heteroatoms. The van der Waals surface area contributed by atoms with E-state index in [9.17, 15) is 0 Å². The molecule has 0 saturated heterocycles. The average molecular weight is 100 g/mol. The van der Waals surface area contributed by atoms with E-state index >= 15 is 0 Å². The van der Waals surface area contributed by atoms with Crippen LogP contribution in [0.5, 0.6) is 0 Å². The Morgan fingerprint density at radius 3 is 2.83 bits per heavy atom. The van der Waals surface area contributed by atoms with Crippen molar-refractivity contribution < 1.29 is 0 Å². The van der Waals surface area contributed by atoms with Crippen molar-refractivity contribution in [2.75, 3.05) is 0 Å². The van der Waals surface area contributed by atoms with Gasteiger partial charge in [-0.1, -0.05) is 13.0 Å². The molecule has 0 nitrogen and oxygen atoms in total. The molecule has 1 aliphatic rings. The smallest absolute Gasteiger partial charge is 0.00948 e. The molecule has 1 rings (SSSR count). The Morgan fingerprint density at radius 1 is 1.83 bits per heavy atom. The van der Waals surface area contributed by atoms with Gasteiger partial charge in [-0.05, 0) is 11.8 Å². The van der Waals surface area contributed by atoms with Gasteiger partial charge in [0.15, 0.2) is 0 Å². The Hall–Kier alpha value is 0.0900. The van der Waals surface area contributed by atoms with E-state index in [0.717, 1.165) is 5.25 Å². The fraction of sp³-hybridized carbons (Fsp3) is 0.600. The molecule has 0 radical (unpaired) electrons. The van der Waals surface area contributed by atoms with E-state index in [4.69, 9.17) is 0 Å². The van der Waals surface area contributed by atoms with Crippen molar-refractivity contribution in [3.63, 3.8) is 0 Å². The third-order valence-electron chi connectivity index (χ3n) is 0.875. The van der Waals surface area contributed by atoms with E-state index in [2.05, 4.69) is 18.4 Å². The summed E-state index contributed by atoms with van der Waals surface area (Å²) in [6.45, 7) is 2.24. The summed E-state index contributed by atoms with van der Waals surface area (Å²) in [4.78, 5) is 0. The lowest BCUT2D eigenvalue weighted by Gasteiger charge is -1.91. The average Bonchev–Trinajstić information content (AvgIpc) is 1.86. The maximum Gasteiger partial charge on any atom is 0.00948 e. The van der Waals surface area contributed by atoms with Crippen molar-refractivity contribution in [2.24, 2.45) is 0 Å². The SMILES string of the molecule is C[C@H]1CC=CS1. The Labute approximate surface area is 42.6 Å². The van der Waals surface area contributed by atoms with E-state index in [0.29, 0.717) is 0 Å². The van der Waals surface area contributed by atoms with E-state index in [1.54, 1.807) is 0 Å². The summed E-state index contributed by atoms with van der Waals surface area (Å²) in [6, 6.07) is 0. The van der Waals surface area contributed by atoms with Gasteiger partial charge in [-0.15, -0.1) is 11.8 Å². The lowest BCUT2D eigenvalue weighted by atomic mass is 10.3. The van der Waals surface area contributed by atoms with Gasteiger partial charge in [0.25, 0.3) is 0 Å². The van der Waals surface area contributed by atoms with E-state index in [-0.39, 0.29) is 0 Å². The molecule has 6 heavy (non-hydrogen) atoms. The molecule has 0 bridgehead atoms. The van der Waals surface area contributed by atoms with Crippen molar-refractivity contribution in [3.8, 4) is 0 Å². The molecule has 1 aliphatic heterocycles. The predicted octanol–water partition coefficient (Wildman–Crippen LogP) is 2.03. The highest BCUT2D eigenvalue weighted by atomic mass is 32.2. The zero-order valence-corrected chi connectivity index (χ0v) is 4.66. The molecular weight excluding hydrogens is 92.1 g/mol. The Kier molecular flexibility index (Phi) is 1.20. The number of allylic oxidation sites excluding steroid dienone is 1. The van der Waals surface area contributed by atoms with Crippen LogP contribution in [0.15, 0.2) is 11.5 Å². The van der Waals surface area contributed by atoms with Gasteiger partial charge in [0.2, 0.25) is 0 Å². The molecule has 0 aromatic heterocycles. The van der Waals surface area contributed by atoms with Gasteiger partial charge >= 0.3 is 0 Å². The van der Waals surface area contributed by atoms with E-state index in [1.807, 2.05) is 11.8 Å². The van der Waals surface area contributed by atoms with Crippen LogP contribution < -0.4 is 0 Å². The Morgan fingerprint density at radius 2 is 2.67 bits per heavy atom. The highest BCUT2D eigenvalue weighted by molar-refractivity contribution is 8.02. The van der Waals surface area contributed by atoms with Gasteiger partial charge in [-0.2, -0.15) is 0 Å². The minimum Gasteiger partial charge on any atom is -0.131 e. The number of hydrogen-bond donors (Lipinski definition) is 0. The lowest BCUT2D eigenvalue weighted by molar-refractivity contribution is 1.00. The highest BCUT2D eigenvalue weighted by Crippen LogP contribution is 2.22. The van der Waals surface area contributed by atoms with Crippen LogP contribution >= 0.6 is 11.8 Å². The number of thioether (sulfide) groups is 1. The van der Waals surface area contributed by atoms with Crippen LogP contribution in [0.4, 0.5) is 0 Å². The first-order chi connectivity index (χ1) is 2.89. The molecular formula is C5H8S. The first-order valence-electron chi connectivity index (χ1n) is 2.20. The topological polar surface area (TPSA) is 0 Å². The van der Waals surface area contributed by atoms with Crippen molar-refractivity contribution in [1.82, 2.24) is 0 Å². The first-order valence-corrected chi connectivity index (χ1v) is 3.14. The second kappa shape index (κ2) is 1.69. The van der Waals surface area contributed by atoms with Crippen LogP contribution in [-0.4, -0.2) is 5.25 Å². The summed E-state index contributed by atoms with van der Waals surface area (Å²) in [5.41, 5.74) is 0. The summed E-state index contributed by atoms with van der Waals surface area (Å²) in [5, 5.41) is 3.02. The maximum absolute atomic E-state index is 2.24. The summed E-state index contributed by atoms with van der Waals surface area (Å²) in [5.74, 6) is 0. The lowest BCUT2D eigenvalue weighted by Crippen LogP contribution is -1.82.